The molecule has 3 aromatic rings. The lowest BCUT2D eigenvalue weighted by molar-refractivity contribution is -0.180. The highest BCUT2D eigenvalue weighted by Gasteiger charge is 2.27. The fraction of sp³-hybridized carbons (Fsp3) is 0.441. The summed E-state index contributed by atoms with van der Waals surface area (Å²) in [5, 5.41) is 14.0. The van der Waals surface area contributed by atoms with E-state index in [-0.39, 0.29) is 12.3 Å². The summed E-state index contributed by atoms with van der Waals surface area (Å²) < 4.78 is 56.6. The highest BCUT2D eigenvalue weighted by Crippen LogP contribution is 2.32. The van der Waals surface area contributed by atoms with Crippen molar-refractivity contribution in [1.29, 1.82) is 0 Å². The van der Waals surface area contributed by atoms with Crippen molar-refractivity contribution in [3.8, 4) is 11.5 Å². The molecule has 0 aromatic heterocycles. The number of benzene rings is 3. The van der Waals surface area contributed by atoms with Crippen molar-refractivity contribution in [2.45, 2.75) is 71.7 Å². The van der Waals surface area contributed by atoms with Gasteiger partial charge in [-0.2, -0.15) is 8.42 Å². The van der Waals surface area contributed by atoms with E-state index in [1.165, 1.54) is 0 Å². The van der Waals surface area contributed by atoms with Gasteiger partial charge in [0.1, 0.15) is 23.7 Å². The number of rotatable bonds is 15. The Morgan fingerprint density at radius 2 is 1.79 bits per heavy atom. The van der Waals surface area contributed by atoms with Crippen molar-refractivity contribution in [1.82, 2.24) is 10.0 Å². The topological polar surface area (TPSA) is 154 Å². The third-order valence-electron chi connectivity index (χ3n) is 6.81. The second kappa shape index (κ2) is 15.8. The van der Waals surface area contributed by atoms with Crippen LogP contribution < -0.4 is 24.2 Å². The fourth-order valence-electron chi connectivity index (χ4n) is 4.63. The van der Waals surface area contributed by atoms with Gasteiger partial charge in [-0.05, 0) is 86.8 Å². The average Bonchev–Trinajstić information content (AvgIpc) is 2.97. The monoisotopic (exact) mass is 671 g/mol. The third kappa shape index (κ3) is 12.3. The molecule has 0 fully saturated rings. The molecule has 12 nitrogen and oxygen atoms in total. The molecule has 4 N–H and O–H groups in total. The lowest BCUT2D eigenvalue weighted by Crippen LogP contribution is -2.39. The molecule has 0 aliphatic carbocycles. The molecule has 0 spiro atoms. The SMILES string of the molecule is CC(C)(C)OC(=O)NS(=O)(=O)Nc1cccc(COCCOc2ccc(CCNC[C@H](O)c3ccc4c(c3)COC(C)(C)O4)cc2)c1. The maximum Gasteiger partial charge on any atom is 0.422 e. The van der Waals surface area contributed by atoms with E-state index in [0.717, 1.165) is 40.2 Å². The van der Waals surface area contributed by atoms with E-state index in [1.807, 2.05) is 61.0 Å². The van der Waals surface area contributed by atoms with Crippen LogP contribution >= 0.6 is 0 Å². The number of fused-ring (bicyclic) bond motifs is 1. The molecule has 1 heterocycles. The molecule has 0 saturated heterocycles. The van der Waals surface area contributed by atoms with E-state index in [9.17, 15) is 18.3 Å². The molecule has 1 amide bonds. The van der Waals surface area contributed by atoms with Gasteiger partial charge < -0.3 is 34.1 Å². The van der Waals surface area contributed by atoms with Crippen molar-refractivity contribution in [3.63, 3.8) is 0 Å². The summed E-state index contributed by atoms with van der Waals surface area (Å²) in [6.45, 7) is 11.2. The second-order valence-electron chi connectivity index (χ2n) is 12.6. The molecule has 47 heavy (non-hydrogen) atoms. The highest BCUT2D eigenvalue weighted by molar-refractivity contribution is 7.91. The van der Waals surface area contributed by atoms with Gasteiger partial charge in [0.15, 0.2) is 0 Å². The lowest BCUT2D eigenvalue weighted by atomic mass is 10.0. The molecule has 256 valence electrons. The molecular weight excluding hydrogens is 626 g/mol. The predicted molar refractivity (Wildman–Crippen MR) is 177 cm³/mol. The van der Waals surface area contributed by atoms with E-state index in [0.29, 0.717) is 32.9 Å². The number of aliphatic hydroxyl groups excluding tert-OH is 1. The summed E-state index contributed by atoms with van der Waals surface area (Å²) in [4.78, 5) is 11.8. The zero-order valence-electron chi connectivity index (χ0n) is 27.5. The van der Waals surface area contributed by atoms with E-state index in [2.05, 4.69) is 10.0 Å². The van der Waals surface area contributed by atoms with Crippen LogP contribution in [0.3, 0.4) is 0 Å². The first-order chi connectivity index (χ1) is 22.2. The minimum Gasteiger partial charge on any atom is -0.491 e. The van der Waals surface area contributed by atoms with Crippen molar-refractivity contribution >= 4 is 22.0 Å². The van der Waals surface area contributed by atoms with Crippen LogP contribution in [0, 0.1) is 0 Å². The Labute approximate surface area is 276 Å². The van der Waals surface area contributed by atoms with Gasteiger partial charge in [0, 0.05) is 26.0 Å². The van der Waals surface area contributed by atoms with Gasteiger partial charge in [-0.3, -0.25) is 4.72 Å². The molecule has 0 saturated carbocycles. The van der Waals surface area contributed by atoms with Crippen LogP contribution in [0.1, 0.15) is 63.0 Å². The number of hydrogen-bond donors (Lipinski definition) is 4. The number of aliphatic hydroxyl groups is 1. The molecule has 1 atom stereocenters. The first-order valence-electron chi connectivity index (χ1n) is 15.4. The molecule has 1 aliphatic heterocycles. The van der Waals surface area contributed by atoms with Gasteiger partial charge in [0.2, 0.25) is 5.79 Å². The zero-order valence-corrected chi connectivity index (χ0v) is 28.3. The third-order valence-corrected chi connectivity index (χ3v) is 7.75. The molecular formula is C34H45N3O9S. The van der Waals surface area contributed by atoms with Crippen molar-refractivity contribution in [2.24, 2.45) is 0 Å². The van der Waals surface area contributed by atoms with Crippen LogP contribution in [0.2, 0.25) is 0 Å². The van der Waals surface area contributed by atoms with E-state index in [4.69, 9.17) is 23.7 Å². The normalized spacial score (nSPS) is 14.8. The maximum atomic E-state index is 12.3. The maximum absolute atomic E-state index is 12.3. The summed E-state index contributed by atoms with van der Waals surface area (Å²) >= 11 is 0. The number of amides is 1. The summed E-state index contributed by atoms with van der Waals surface area (Å²) in [6.07, 6.45) is -0.913. The molecule has 13 heteroatoms. The van der Waals surface area contributed by atoms with Crippen LogP contribution in [0.4, 0.5) is 10.5 Å². The van der Waals surface area contributed by atoms with Gasteiger partial charge in [-0.1, -0.05) is 30.3 Å². The van der Waals surface area contributed by atoms with Crippen LogP contribution in [0.15, 0.2) is 66.7 Å². The number of hydrogen-bond acceptors (Lipinski definition) is 10. The van der Waals surface area contributed by atoms with Crippen LogP contribution in [-0.4, -0.2) is 57.3 Å². The molecule has 0 unspecified atom stereocenters. The Kier molecular flexibility index (Phi) is 12.1. The first kappa shape index (κ1) is 36.0. The van der Waals surface area contributed by atoms with Crippen LogP contribution in [0.25, 0.3) is 0 Å². The fourth-order valence-corrected chi connectivity index (χ4v) is 5.38. The van der Waals surface area contributed by atoms with Crippen LogP contribution in [0.5, 0.6) is 11.5 Å². The Bertz CT molecular complexity index is 1590. The zero-order chi connectivity index (χ0) is 34.1. The predicted octanol–water partition coefficient (Wildman–Crippen LogP) is 4.97. The summed E-state index contributed by atoms with van der Waals surface area (Å²) in [7, 11) is -4.17. The number of carbonyl (C=O) groups is 1. The Morgan fingerprint density at radius 3 is 2.53 bits per heavy atom. The number of nitrogens with one attached hydrogen (secondary N) is 3. The van der Waals surface area contributed by atoms with Crippen LogP contribution in [-0.2, 0) is 44.1 Å². The highest BCUT2D eigenvalue weighted by atomic mass is 32.2. The minimum absolute atomic E-state index is 0.243. The van der Waals surface area contributed by atoms with Gasteiger partial charge in [0.05, 0.1) is 31.6 Å². The van der Waals surface area contributed by atoms with E-state index in [1.54, 1.807) is 45.0 Å². The van der Waals surface area contributed by atoms with E-state index >= 15 is 0 Å². The lowest BCUT2D eigenvalue weighted by Gasteiger charge is -2.33. The Hall–Kier alpha value is -3.88. The van der Waals surface area contributed by atoms with Gasteiger partial charge in [-0.15, -0.1) is 0 Å². The number of anilines is 1. The number of carbonyl (C=O) groups excluding carboxylic acids is 1. The quantitative estimate of drug-likeness (QED) is 0.163. The van der Waals surface area contributed by atoms with Gasteiger partial charge >= 0.3 is 16.3 Å². The summed E-state index contributed by atoms with van der Waals surface area (Å²) in [5.41, 5.74) is 3.07. The van der Waals surface area contributed by atoms with Gasteiger partial charge in [-0.25, -0.2) is 9.52 Å². The van der Waals surface area contributed by atoms with E-state index < -0.39 is 33.8 Å². The first-order valence-corrected chi connectivity index (χ1v) is 16.9. The summed E-state index contributed by atoms with van der Waals surface area (Å²) in [5.74, 6) is 0.859. The molecule has 0 bridgehead atoms. The number of ether oxygens (including phenoxy) is 5. The molecule has 3 aromatic carbocycles. The Morgan fingerprint density at radius 1 is 1.02 bits per heavy atom. The van der Waals surface area contributed by atoms with Gasteiger partial charge in [0.25, 0.3) is 0 Å². The minimum atomic E-state index is -4.17. The second-order valence-corrected chi connectivity index (χ2v) is 14.0. The van der Waals surface area contributed by atoms with Crippen molar-refractivity contribution in [2.75, 3.05) is 31.0 Å². The summed E-state index contributed by atoms with van der Waals surface area (Å²) in [6, 6.07) is 20.2. The Balaban J connectivity index is 1.11. The smallest absolute Gasteiger partial charge is 0.422 e. The molecule has 1 aliphatic rings. The standard InChI is InChI=1S/C34H45N3O9S/c1-33(2,3)46-32(39)37-47(40,41)36-28-8-6-7-25(19-28)22-42-17-18-43-29-12-9-24(10-13-29)15-16-35-21-30(38)26-11-14-31-27(20-26)23-44-34(4,5)45-31/h6-14,19-20,30,35-36,38H,15-18,21-23H2,1-5H3,(H,37,39)/t30-/m0/s1. The van der Waals surface area contributed by atoms with Crippen molar-refractivity contribution in [3.05, 3.63) is 89.0 Å². The molecule has 4 rings (SSSR count). The van der Waals surface area contributed by atoms with Crippen molar-refractivity contribution < 1.29 is 42.0 Å². The average molecular weight is 672 g/mol. The largest absolute Gasteiger partial charge is 0.491 e. The molecule has 0 radical (unpaired) electrons.